The molecule has 0 aliphatic rings. The van der Waals surface area contributed by atoms with Crippen molar-refractivity contribution in [3.63, 3.8) is 0 Å². The number of nitrogens with zero attached hydrogens (tertiary/aromatic N) is 4. The molecule has 4 rings (SSSR count). The molecule has 4 aromatic rings. The van der Waals surface area contributed by atoms with Crippen molar-refractivity contribution in [3.8, 4) is 22.6 Å². The van der Waals surface area contributed by atoms with Crippen LogP contribution in [0.2, 0.25) is 0 Å². The maximum absolute atomic E-state index is 12.5. The Kier molecular flexibility index (Phi) is 6.88. The lowest BCUT2D eigenvalue weighted by atomic mass is 10.1. The zero-order valence-corrected chi connectivity index (χ0v) is 20.5. The number of carbonyl (C=O) groups is 1. The summed E-state index contributed by atoms with van der Waals surface area (Å²) < 4.78 is 1.98. The first-order valence-corrected chi connectivity index (χ1v) is 12.7. The molecule has 0 radical (unpaired) electrons. The summed E-state index contributed by atoms with van der Waals surface area (Å²) in [5.41, 5.74) is 5.41. The molecular formula is C23H23N5OS3. The van der Waals surface area contributed by atoms with Crippen LogP contribution in [0.1, 0.15) is 16.0 Å². The molecule has 0 bridgehead atoms. The minimum atomic E-state index is -0.128. The summed E-state index contributed by atoms with van der Waals surface area (Å²) in [4.78, 5) is 18.3. The molecule has 0 aliphatic carbocycles. The van der Waals surface area contributed by atoms with Crippen molar-refractivity contribution in [2.24, 2.45) is 0 Å². The fourth-order valence-corrected chi connectivity index (χ4v) is 5.28. The maximum Gasteiger partial charge on any atom is 0.236 e. The summed E-state index contributed by atoms with van der Waals surface area (Å²) in [7, 11) is 0. The van der Waals surface area contributed by atoms with Crippen LogP contribution in [0, 0.1) is 20.8 Å². The fraction of sp³-hybridized carbons (Fsp3) is 0.217. The van der Waals surface area contributed by atoms with Gasteiger partial charge in [-0.2, -0.15) is 0 Å². The molecule has 9 heteroatoms. The van der Waals surface area contributed by atoms with Crippen LogP contribution in [-0.4, -0.2) is 31.4 Å². The number of allylic oxidation sites excluding steroid dienone is 1. The fourth-order valence-electron chi connectivity index (χ4n) is 3.11. The summed E-state index contributed by atoms with van der Waals surface area (Å²) in [5.74, 6) is 0.878. The number of aryl methyl sites for hydroxylation is 3. The molecule has 0 spiro atoms. The highest BCUT2D eigenvalue weighted by molar-refractivity contribution is 7.99. The van der Waals surface area contributed by atoms with Gasteiger partial charge >= 0.3 is 0 Å². The third-order valence-electron chi connectivity index (χ3n) is 4.90. The summed E-state index contributed by atoms with van der Waals surface area (Å²) in [5, 5.41) is 16.8. The SMILES string of the molecule is C=CCn1c(SCC(=O)Nc2nc(-c3ccc(C)c(C)c3)cs2)nnc1-c1csc(C)c1. The van der Waals surface area contributed by atoms with Crippen LogP contribution in [-0.2, 0) is 11.3 Å². The van der Waals surface area contributed by atoms with E-state index in [1.165, 1.54) is 39.1 Å². The number of hydrogen-bond acceptors (Lipinski definition) is 7. The van der Waals surface area contributed by atoms with Crippen LogP contribution in [0.15, 0.2) is 52.8 Å². The molecule has 6 nitrogen and oxygen atoms in total. The van der Waals surface area contributed by atoms with Crippen molar-refractivity contribution in [2.45, 2.75) is 32.5 Å². The number of anilines is 1. The van der Waals surface area contributed by atoms with E-state index in [0.717, 1.165) is 22.6 Å². The number of nitrogens with one attached hydrogen (secondary N) is 1. The molecule has 0 unspecified atom stereocenters. The van der Waals surface area contributed by atoms with Crippen LogP contribution in [0.3, 0.4) is 0 Å². The lowest BCUT2D eigenvalue weighted by Crippen LogP contribution is -2.14. The highest BCUT2D eigenvalue weighted by Gasteiger charge is 2.16. The quantitative estimate of drug-likeness (QED) is 0.248. The average molecular weight is 482 g/mol. The molecule has 0 fully saturated rings. The van der Waals surface area contributed by atoms with Crippen molar-refractivity contribution < 1.29 is 4.79 Å². The van der Waals surface area contributed by atoms with Gasteiger partial charge in [-0.1, -0.05) is 30.0 Å². The number of carbonyl (C=O) groups excluding carboxylic acids is 1. The van der Waals surface area contributed by atoms with Crippen molar-refractivity contribution >= 4 is 45.5 Å². The number of aromatic nitrogens is 4. The number of thiazole rings is 1. The molecule has 0 saturated heterocycles. The van der Waals surface area contributed by atoms with E-state index in [9.17, 15) is 4.79 Å². The molecule has 1 N–H and O–H groups in total. The molecule has 1 amide bonds. The van der Waals surface area contributed by atoms with E-state index < -0.39 is 0 Å². The average Bonchev–Trinajstić information content (AvgIpc) is 3.49. The van der Waals surface area contributed by atoms with E-state index in [1.54, 1.807) is 17.4 Å². The Hall–Kier alpha value is -2.75. The van der Waals surface area contributed by atoms with E-state index in [2.05, 4.69) is 77.5 Å². The van der Waals surface area contributed by atoms with E-state index in [4.69, 9.17) is 0 Å². The normalized spacial score (nSPS) is 11.0. The Morgan fingerprint density at radius 1 is 1.12 bits per heavy atom. The van der Waals surface area contributed by atoms with E-state index in [1.807, 2.05) is 9.95 Å². The predicted molar refractivity (Wildman–Crippen MR) is 135 cm³/mol. The Morgan fingerprint density at radius 2 is 1.97 bits per heavy atom. The number of hydrogen-bond donors (Lipinski definition) is 1. The molecule has 32 heavy (non-hydrogen) atoms. The molecule has 3 heterocycles. The topological polar surface area (TPSA) is 72.7 Å². The number of thiophene rings is 1. The maximum atomic E-state index is 12.5. The van der Waals surface area contributed by atoms with Crippen molar-refractivity contribution in [1.29, 1.82) is 0 Å². The van der Waals surface area contributed by atoms with Gasteiger partial charge in [0.25, 0.3) is 0 Å². The third kappa shape index (κ3) is 5.01. The zero-order valence-electron chi connectivity index (χ0n) is 18.1. The second-order valence-corrected chi connectivity index (χ2v) is 10.2. The third-order valence-corrected chi connectivity index (χ3v) is 7.49. The Bertz CT molecular complexity index is 1270. The molecule has 0 atom stereocenters. The summed E-state index contributed by atoms with van der Waals surface area (Å²) in [6, 6.07) is 8.34. The first-order valence-electron chi connectivity index (χ1n) is 10.00. The largest absolute Gasteiger partial charge is 0.301 e. The van der Waals surface area contributed by atoms with Gasteiger partial charge in [0, 0.05) is 33.3 Å². The van der Waals surface area contributed by atoms with Crippen LogP contribution < -0.4 is 5.32 Å². The molecule has 0 aliphatic heterocycles. The minimum Gasteiger partial charge on any atom is -0.301 e. The predicted octanol–water partition coefficient (Wildman–Crippen LogP) is 5.97. The first-order chi connectivity index (χ1) is 15.4. The molecular weight excluding hydrogens is 458 g/mol. The van der Waals surface area contributed by atoms with Gasteiger partial charge in [0.05, 0.1) is 11.4 Å². The van der Waals surface area contributed by atoms with Gasteiger partial charge in [0.2, 0.25) is 5.91 Å². The van der Waals surface area contributed by atoms with Crippen molar-refractivity contribution in [2.75, 3.05) is 11.1 Å². The van der Waals surface area contributed by atoms with E-state index in [-0.39, 0.29) is 11.7 Å². The second kappa shape index (κ2) is 9.81. The standard InChI is InChI=1S/C23H23N5OS3/c1-5-8-28-21(18-10-16(4)30-11-18)26-27-23(28)32-13-20(29)25-22-24-19(12-31-22)17-7-6-14(2)15(3)9-17/h5-7,9-12H,1,8,13H2,2-4H3,(H,24,25,29). The zero-order chi connectivity index (χ0) is 22.7. The highest BCUT2D eigenvalue weighted by atomic mass is 32.2. The van der Waals surface area contributed by atoms with E-state index >= 15 is 0 Å². The number of benzene rings is 1. The van der Waals surface area contributed by atoms with Crippen molar-refractivity contribution in [1.82, 2.24) is 19.7 Å². The molecule has 1 aromatic carbocycles. The van der Waals surface area contributed by atoms with Crippen LogP contribution in [0.5, 0.6) is 0 Å². The first kappa shape index (κ1) is 22.4. The van der Waals surface area contributed by atoms with Gasteiger partial charge in [-0.3, -0.25) is 9.36 Å². The Morgan fingerprint density at radius 3 is 2.69 bits per heavy atom. The minimum absolute atomic E-state index is 0.128. The Labute approximate surface area is 199 Å². The Balaban J connectivity index is 1.41. The monoisotopic (exact) mass is 481 g/mol. The van der Waals surface area contributed by atoms with Gasteiger partial charge in [0.15, 0.2) is 16.1 Å². The van der Waals surface area contributed by atoms with Crippen LogP contribution >= 0.6 is 34.4 Å². The van der Waals surface area contributed by atoms with Crippen LogP contribution in [0.4, 0.5) is 5.13 Å². The smallest absolute Gasteiger partial charge is 0.236 e. The lowest BCUT2D eigenvalue weighted by molar-refractivity contribution is -0.113. The number of rotatable bonds is 8. The molecule has 0 saturated carbocycles. The van der Waals surface area contributed by atoms with Crippen LogP contribution in [0.25, 0.3) is 22.6 Å². The van der Waals surface area contributed by atoms with Gasteiger partial charge < -0.3 is 5.32 Å². The van der Waals surface area contributed by atoms with Gasteiger partial charge in [0.1, 0.15) is 0 Å². The lowest BCUT2D eigenvalue weighted by Gasteiger charge is -2.06. The van der Waals surface area contributed by atoms with Gasteiger partial charge in [-0.15, -0.1) is 39.4 Å². The van der Waals surface area contributed by atoms with E-state index in [0.29, 0.717) is 16.8 Å². The molecule has 164 valence electrons. The number of amides is 1. The summed E-state index contributed by atoms with van der Waals surface area (Å²) >= 11 is 4.45. The highest BCUT2D eigenvalue weighted by Crippen LogP contribution is 2.29. The van der Waals surface area contributed by atoms with Crippen molar-refractivity contribution in [3.05, 3.63) is 63.7 Å². The number of thioether (sulfide) groups is 1. The second-order valence-electron chi connectivity index (χ2n) is 7.33. The summed E-state index contributed by atoms with van der Waals surface area (Å²) in [6.45, 7) is 10.6. The summed E-state index contributed by atoms with van der Waals surface area (Å²) in [6.07, 6.45) is 1.81. The van der Waals surface area contributed by atoms with Gasteiger partial charge in [-0.05, 0) is 44.0 Å². The molecule has 3 aromatic heterocycles. The van der Waals surface area contributed by atoms with Gasteiger partial charge in [-0.25, -0.2) is 4.98 Å².